The Morgan fingerprint density at radius 2 is 1.52 bits per heavy atom. The van der Waals surface area contributed by atoms with Crippen molar-refractivity contribution in [3.05, 3.63) is 96.7 Å². The third kappa shape index (κ3) is 4.87. The molecule has 29 heavy (non-hydrogen) atoms. The second-order valence-electron chi connectivity index (χ2n) is 6.48. The van der Waals surface area contributed by atoms with Gasteiger partial charge in [-0.3, -0.25) is 0 Å². The van der Waals surface area contributed by atoms with Crippen LogP contribution in [0.15, 0.2) is 91.1 Å². The molecule has 0 radical (unpaired) electrons. The Morgan fingerprint density at radius 1 is 0.828 bits per heavy atom. The van der Waals surface area contributed by atoms with E-state index in [1.807, 2.05) is 72.8 Å². The van der Waals surface area contributed by atoms with Gasteiger partial charge in [-0.05, 0) is 36.8 Å². The molecule has 0 bridgehead atoms. The van der Waals surface area contributed by atoms with Gasteiger partial charge >= 0.3 is 0 Å². The van der Waals surface area contributed by atoms with Crippen LogP contribution in [0.4, 0.5) is 17.5 Å². The van der Waals surface area contributed by atoms with Crippen molar-refractivity contribution in [2.45, 2.75) is 13.0 Å². The van der Waals surface area contributed by atoms with Gasteiger partial charge in [-0.2, -0.15) is 10.1 Å². The molecular formula is C23H21N5O. The van der Waals surface area contributed by atoms with Crippen LogP contribution in [-0.4, -0.2) is 15.2 Å². The van der Waals surface area contributed by atoms with Crippen LogP contribution in [0.2, 0.25) is 0 Å². The summed E-state index contributed by atoms with van der Waals surface area (Å²) in [5.74, 6) is 2.49. The largest absolute Gasteiger partial charge is 0.455 e. The van der Waals surface area contributed by atoms with Gasteiger partial charge in [0.1, 0.15) is 5.75 Å². The quantitative estimate of drug-likeness (QED) is 0.434. The number of hydrogen-bond donors (Lipinski definition) is 2. The summed E-state index contributed by atoms with van der Waals surface area (Å²) in [7, 11) is 0. The summed E-state index contributed by atoms with van der Waals surface area (Å²) < 4.78 is 5.99. The first-order chi connectivity index (χ1) is 14.3. The zero-order chi connectivity index (χ0) is 19.9. The Morgan fingerprint density at radius 3 is 2.31 bits per heavy atom. The first-order valence-electron chi connectivity index (χ1n) is 9.38. The minimum atomic E-state index is 0.0574. The fourth-order valence-electron chi connectivity index (χ4n) is 2.86. The SMILES string of the molecule is CC(Nc1nncc(Nc2ccccc2Oc2ccccc2)n1)c1ccccc1. The molecular weight excluding hydrogens is 362 g/mol. The van der Waals surface area contributed by atoms with E-state index in [4.69, 9.17) is 4.74 Å². The Hall–Kier alpha value is -3.93. The number of nitrogens with one attached hydrogen (secondary N) is 2. The van der Waals surface area contributed by atoms with E-state index in [2.05, 4.69) is 44.9 Å². The maximum absolute atomic E-state index is 5.99. The van der Waals surface area contributed by atoms with Crippen molar-refractivity contribution >= 4 is 17.5 Å². The van der Waals surface area contributed by atoms with E-state index < -0.39 is 0 Å². The monoisotopic (exact) mass is 383 g/mol. The molecule has 144 valence electrons. The van der Waals surface area contributed by atoms with E-state index in [1.54, 1.807) is 6.20 Å². The van der Waals surface area contributed by atoms with Gasteiger partial charge in [-0.25, -0.2) is 0 Å². The number of anilines is 3. The molecule has 1 atom stereocenters. The number of hydrogen-bond acceptors (Lipinski definition) is 6. The van der Waals surface area contributed by atoms with Crippen LogP contribution in [0.1, 0.15) is 18.5 Å². The smallest absolute Gasteiger partial charge is 0.245 e. The lowest BCUT2D eigenvalue weighted by Crippen LogP contribution is -2.11. The third-order valence-electron chi connectivity index (χ3n) is 4.32. The zero-order valence-corrected chi connectivity index (χ0v) is 16.0. The van der Waals surface area contributed by atoms with E-state index >= 15 is 0 Å². The van der Waals surface area contributed by atoms with Crippen molar-refractivity contribution in [2.75, 3.05) is 10.6 Å². The molecule has 4 rings (SSSR count). The van der Waals surface area contributed by atoms with Gasteiger partial charge in [-0.1, -0.05) is 60.7 Å². The number of benzene rings is 3. The first kappa shape index (κ1) is 18.4. The van der Waals surface area contributed by atoms with Crippen LogP contribution >= 0.6 is 0 Å². The molecule has 0 amide bonds. The average Bonchev–Trinajstić information content (AvgIpc) is 2.77. The topological polar surface area (TPSA) is 72.0 Å². The highest BCUT2D eigenvalue weighted by atomic mass is 16.5. The summed E-state index contributed by atoms with van der Waals surface area (Å²) in [5, 5.41) is 14.7. The predicted molar refractivity (Wildman–Crippen MR) is 115 cm³/mol. The van der Waals surface area contributed by atoms with Crippen molar-refractivity contribution in [1.29, 1.82) is 0 Å². The molecule has 2 N–H and O–H groups in total. The lowest BCUT2D eigenvalue weighted by atomic mass is 10.1. The Kier molecular flexibility index (Phi) is 5.62. The van der Waals surface area contributed by atoms with Crippen LogP contribution in [-0.2, 0) is 0 Å². The molecule has 0 saturated heterocycles. The van der Waals surface area contributed by atoms with E-state index in [9.17, 15) is 0 Å². The molecule has 1 aromatic heterocycles. The number of para-hydroxylation sites is 3. The van der Waals surface area contributed by atoms with Gasteiger partial charge in [0.25, 0.3) is 0 Å². The van der Waals surface area contributed by atoms with Crippen molar-refractivity contribution < 1.29 is 4.74 Å². The summed E-state index contributed by atoms with van der Waals surface area (Å²) in [6.45, 7) is 2.06. The molecule has 6 nitrogen and oxygen atoms in total. The Balaban J connectivity index is 1.50. The van der Waals surface area contributed by atoms with E-state index in [0.29, 0.717) is 17.5 Å². The molecule has 1 unspecified atom stereocenters. The molecule has 6 heteroatoms. The summed E-state index contributed by atoms with van der Waals surface area (Å²) in [5.41, 5.74) is 1.94. The molecule has 0 spiro atoms. The number of ether oxygens (including phenoxy) is 1. The summed E-state index contributed by atoms with van der Waals surface area (Å²) >= 11 is 0. The molecule has 3 aromatic carbocycles. The molecule has 0 fully saturated rings. The van der Waals surface area contributed by atoms with E-state index in [0.717, 1.165) is 17.0 Å². The molecule has 0 saturated carbocycles. The molecule has 0 aliphatic heterocycles. The molecule has 0 aliphatic rings. The molecule has 4 aromatic rings. The molecule has 0 aliphatic carbocycles. The van der Waals surface area contributed by atoms with Crippen LogP contribution in [0.25, 0.3) is 0 Å². The Labute approximate surface area is 169 Å². The van der Waals surface area contributed by atoms with Gasteiger partial charge in [0, 0.05) is 0 Å². The van der Waals surface area contributed by atoms with Crippen molar-refractivity contribution in [3.8, 4) is 11.5 Å². The number of rotatable bonds is 7. The normalized spacial score (nSPS) is 11.5. The van der Waals surface area contributed by atoms with Crippen LogP contribution in [0.3, 0.4) is 0 Å². The molecule has 1 heterocycles. The number of nitrogens with zero attached hydrogens (tertiary/aromatic N) is 3. The number of aromatic nitrogens is 3. The van der Waals surface area contributed by atoms with Crippen molar-refractivity contribution in [3.63, 3.8) is 0 Å². The summed E-state index contributed by atoms with van der Waals surface area (Å²) in [6.07, 6.45) is 1.58. The predicted octanol–water partition coefficient (Wildman–Crippen LogP) is 5.58. The first-order valence-corrected chi connectivity index (χ1v) is 9.38. The van der Waals surface area contributed by atoms with E-state index in [-0.39, 0.29) is 6.04 Å². The highest BCUT2D eigenvalue weighted by molar-refractivity contribution is 5.64. The summed E-state index contributed by atoms with van der Waals surface area (Å²) in [6, 6.07) is 27.5. The third-order valence-corrected chi connectivity index (χ3v) is 4.32. The Bertz CT molecular complexity index is 1060. The van der Waals surface area contributed by atoms with Gasteiger partial charge in [0.2, 0.25) is 5.95 Å². The lowest BCUT2D eigenvalue weighted by molar-refractivity contribution is 0.485. The lowest BCUT2D eigenvalue weighted by Gasteiger charge is -2.15. The summed E-state index contributed by atoms with van der Waals surface area (Å²) in [4.78, 5) is 4.53. The maximum atomic E-state index is 5.99. The highest BCUT2D eigenvalue weighted by Crippen LogP contribution is 2.31. The second-order valence-corrected chi connectivity index (χ2v) is 6.48. The fraction of sp³-hybridized carbons (Fsp3) is 0.0870. The second kappa shape index (κ2) is 8.84. The maximum Gasteiger partial charge on any atom is 0.245 e. The minimum Gasteiger partial charge on any atom is -0.455 e. The van der Waals surface area contributed by atoms with Crippen LogP contribution in [0, 0.1) is 0 Å². The average molecular weight is 383 g/mol. The van der Waals surface area contributed by atoms with Gasteiger partial charge in [0.15, 0.2) is 11.6 Å². The van der Waals surface area contributed by atoms with Gasteiger partial charge < -0.3 is 15.4 Å². The van der Waals surface area contributed by atoms with E-state index in [1.165, 1.54) is 0 Å². The zero-order valence-electron chi connectivity index (χ0n) is 16.0. The fourth-order valence-corrected chi connectivity index (χ4v) is 2.86. The standard InChI is InChI=1S/C23H21N5O/c1-17(18-10-4-2-5-11-18)25-23-27-22(16-24-28-23)26-20-14-8-9-15-21(20)29-19-12-6-3-7-13-19/h2-17H,1H3,(H2,25,26,27,28). The van der Waals surface area contributed by atoms with Gasteiger partial charge in [-0.15, -0.1) is 5.10 Å². The van der Waals surface area contributed by atoms with Crippen LogP contribution in [0.5, 0.6) is 11.5 Å². The van der Waals surface area contributed by atoms with Crippen LogP contribution < -0.4 is 15.4 Å². The van der Waals surface area contributed by atoms with Crippen molar-refractivity contribution in [2.24, 2.45) is 0 Å². The van der Waals surface area contributed by atoms with Crippen molar-refractivity contribution in [1.82, 2.24) is 15.2 Å². The minimum absolute atomic E-state index is 0.0574. The highest BCUT2D eigenvalue weighted by Gasteiger charge is 2.10. The van der Waals surface area contributed by atoms with Gasteiger partial charge in [0.05, 0.1) is 17.9 Å².